The Hall–Kier alpha value is -2.76. The minimum absolute atomic E-state index is 0.0728. The van der Waals surface area contributed by atoms with E-state index in [0.717, 1.165) is 6.42 Å². The number of ether oxygens (including phenoxy) is 1. The highest BCUT2D eigenvalue weighted by Gasteiger charge is 2.66. The maximum absolute atomic E-state index is 14.9. The van der Waals surface area contributed by atoms with E-state index in [1.54, 1.807) is 13.2 Å². The SMILES string of the molecule is [C-]#[N+]c1ccc(/C(F)=C/c2ccc(F)c([C@@]3(C)N=C(N)S[C@@]4(COC)C[C@H]43)c2)nc1. The zero-order valence-corrected chi connectivity index (χ0v) is 17.3. The first-order valence-electron chi connectivity index (χ1n) is 9.36. The van der Waals surface area contributed by atoms with Crippen molar-refractivity contribution < 1.29 is 13.5 Å². The van der Waals surface area contributed by atoms with Crippen molar-refractivity contribution in [2.24, 2.45) is 16.6 Å². The van der Waals surface area contributed by atoms with Crippen LogP contribution in [0.3, 0.4) is 0 Å². The minimum Gasteiger partial charge on any atom is -0.383 e. The molecule has 5 nitrogen and oxygen atoms in total. The van der Waals surface area contributed by atoms with Crippen molar-refractivity contribution in [1.82, 2.24) is 4.98 Å². The Balaban J connectivity index is 1.70. The number of aliphatic imine (C=N–C) groups is 1. The number of amidine groups is 1. The molecule has 0 unspecified atom stereocenters. The number of thioether (sulfide) groups is 1. The predicted octanol–water partition coefficient (Wildman–Crippen LogP) is 4.92. The van der Waals surface area contributed by atoms with Crippen molar-refractivity contribution in [2.45, 2.75) is 23.6 Å². The van der Waals surface area contributed by atoms with Crippen molar-refractivity contribution in [3.63, 3.8) is 0 Å². The number of methoxy groups -OCH3 is 1. The minimum atomic E-state index is -0.853. The van der Waals surface area contributed by atoms with Crippen LogP contribution in [-0.4, -0.2) is 28.6 Å². The van der Waals surface area contributed by atoms with E-state index in [1.807, 2.05) is 6.92 Å². The quantitative estimate of drug-likeness (QED) is 0.689. The molecular formula is C22H20F2N4OS. The number of aromatic nitrogens is 1. The Morgan fingerprint density at radius 2 is 2.23 bits per heavy atom. The lowest BCUT2D eigenvalue weighted by atomic mass is 9.85. The first-order valence-corrected chi connectivity index (χ1v) is 10.2. The molecule has 1 aromatic carbocycles. The van der Waals surface area contributed by atoms with E-state index in [-0.39, 0.29) is 16.4 Å². The monoisotopic (exact) mass is 426 g/mol. The van der Waals surface area contributed by atoms with Crippen LogP contribution in [0.1, 0.15) is 30.2 Å². The van der Waals surface area contributed by atoms with Gasteiger partial charge in [0.05, 0.1) is 29.2 Å². The largest absolute Gasteiger partial charge is 0.383 e. The van der Waals surface area contributed by atoms with Gasteiger partial charge >= 0.3 is 0 Å². The average Bonchev–Trinajstić information content (AvgIpc) is 3.44. The molecule has 0 saturated heterocycles. The molecule has 30 heavy (non-hydrogen) atoms. The molecule has 0 radical (unpaired) electrons. The van der Waals surface area contributed by atoms with Gasteiger partial charge in [0.15, 0.2) is 5.17 Å². The van der Waals surface area contributed by atoms with Crippen LogP contribution in [0, 0.1) is 18.3 Å². The predicted molar refractivity (Wildman–Crippen MR) is 115 cm³/mol. The molecule has 2 N–H and O–H groups in total. The van der Waals surface area contributed by atoms with Gasteiger partial charge in [0.1, 0.15) is 11.6 Å². The first kappa shape index (κ1) is 20.5. The second kappa shape index (κ2) is 7.49. The lowest BCUT2D eigenvalue weighted by Crippen LogP contribution is -2.37. The summed E-state index contributed by atoms with van der Waals surface area (Å²) in [5.41, 5.74) is 6.54. The lowest BCUT2D eigenvalue weighted by molar-refractivity contribution is 0.184. The lowest BCUT2D eigenvalue weighted by Gasteiger charge is -2.34. The van der Waals surface area contributed by atoms with Gasteiger partial charge in [0.2, 0.25) is 5.69 Å². The number of hydrogen-bond donors (Lipinski definition) is 1. The summed E-state index contributed by atoms with van der Waals surface area (Å²) in [5.74, 6) is -0.906. The van der Waals surface area contributed by atoms with E-state index in [4.69, 9.17) is 17.0 Å². The topological polar surface area (TPSA) is 64.9 Å². The zero-order chi connectivity index (χ0) is 21.5. The molecule has 4 rings (SSSR count). The molecule has 1 fully saturated rings. The van der Waals surface area contributed by atoms with E-state index in [2.05, 4.69) is 14.8 Å². The maximum Gasteiger partial charge on any atom is 0.205 e. The van der Waals surface area contributed by atoms with Crippen LogP contribution in [0.4, 0.5) is 14.5 Å². The van der Waals surface area contributed by atoms with Crippen LogP contribution in [0.25, 0.3) is 16.7 Å². The Labute approximate surface area is 177 Å². The number of benzene rings is 1. The summed E-state index contributed by atoms with van der Waals surface area (Å²) < 4.78 is 34.7. The van der Waals surface area contributed by atoms with Crippen LogP contribution in [0.15, 0.2) is 41.5 Å². The second-order valence-corrected chi connectivity index (χ2v) is 9.13. The van der Waals surface area contributed by atoms with Crippen LogP contribution < -0.4 is 5.73 Å². The van der Waals surface area contributed by atoms with E-state index in [9.17, 15) is 8.78 Å². The normalized spacial score (nSPS) is 27.8. The van der Waals surface area contributed by atoms with Gasteiger partial charge in [0, 0.05) is 24.8 Å². The van der Waals surface area contributed by atoms with Crippen molar-refractivity contribution in [2.75, 3.05) is 13.7 Å². The van der Waals surface area contributed by atoms with Gasteiger partial charge in [-0.1, -0.05) is 23.9 Å². The van der Waals surface area contributed by atoms with Gasteiger partial charge in [-0.25, -0.2) is 13.6 Å². The van der Waals surface area contributed by atoms with Crippen molar-refractivity contribution >= 4 is 34.5 Å². The fourth-order valence-corrected chi connectivity index (χ4v) is 5.61. The van der Waals surface area contributed by atoms with E-state index in [1.165, 1.54) is 48.3 Å². The molecule has 1 aromatic heterocycles. The fourth-order valence-electron chi connectivity index (χ4n) is 4.16. The van der Waals surface area contributed by atoms with Crippen LogP contribution in [0.5, 0.6) is 0 Å². The molecule has 1 aliphatic heterocycles. The maximum atomic E-state index is 14.9. The van der Waals surface area contributed by atoms with Crippen molar-refractivity contribution in [3.8, 4) is 0 Å². The molecule has 8 heteroatoms. The molecule has 1 saturated carbocycles. The number of pyridine rings is 1. The third-order valence-corrected chi connectivity index (χ3v) is 6.97. The highest BCUT2D eigenvalue weighted by molar-refractivity contribution is 8.15. The molecule has 2 aliphatic rings. The van der Waals surface area contributed by atoms with Crippen LogP contribution >= 0.6 is 11.8 Å². The summed E-state index contributed by atoms with van der Waals surface area (Å²) >= 11 is 1.48. The van der Waals surface area contributed by atoms with E-state index in [0.29, 0.717) is 28.6 Å². The molecule has 1 aliphatic carbocycles. The number of halogens is 2. The number of nitrogens with two attached hydrogens (primary N) is 1. The Bertz CT molecular complexity index is 1100. The van der Waals surface area contributed by atoms with Gasteiger partial charge in [-0.3, -0.25) is 9.98 Å². The number of nitrogens with zero attached hydrogens (tertiary/aromatic N) is 3. The Morgan fingerprint density at radius 3 is 2.90 bits per heavy atom. The number of hydrogen-bond acceptors (Lipinski definition) is 5. The Morgan fingerprint density at radius 1 is 1.43 bits per heavy atom. The highest BCUT2D eigenvalue weighted by Crippen LogP contribution is 2.65. The number of rotatable bonds is 5. The average molecular weight is 426 g/mol. The molecule has 154 valence electrons. The third kappa shape index (κ3) is 3.48. The summed E-state index contributed by atoms with van der Waals surface area (Å²) in [6.45, 7) is 9.33. The molecule has 0 amide bonds. The summed E-state index contributed by atoms with van der Waals surface area (Å²) in [4.78, 5) is 11.8. The van der Waals surface area contributed by atoms with Gasteiger partial charge in [-0.2, -0.15) is 0 Å². The van der Waals surface area contributed by atoms with Gasteiger partial charge in [0.25, 0.3) is 0 Å². The summed E-state index contributed by atoms with van der Waals surface area (Å²) in [7, 11) is 1.64. The zero-order valence-electron chi connectivity index (χ0n) is 16.5. The van der Waals surface area contributed by atoms with Gasteiger partial charge in [-0.05, 0) is 43.2 Å². The van der Waals surface area contributed by atoms with E-state index < -0.39 is 17.2 Å². The third-order valence-electron chi connectivity index (χ3n) is 5.69. The molecule has 0 spiro atoms. The van der Waals surface area contributed by atoms with Gasteiger partial charge < -0.3 is 10.5 Å². The molecule has 2 aromatic rings. The second-order valence-electron chi connectivity index (χ2n) is 7.70. The van der Waals surface area contributed by atoms with Crippen molar-refractivity contribution in [3.05, 3.63) is 70.6 Å². The number of fused-ring (bicyclic) bond motifs is 1. The first-order chi connectivity index (χ1) is 14.3. The van der Waals surface area contributed by atoms with Crippen LogP contribution in [-0.2, 0) is 10.3 Å². The summed E-state index contributed by atoms with van der Waals surface area (Å²) in [5, 5.41) is 0.402. The smallest absolute Gasteiger partial charge is 0.205 e. The van der Waals surface area contributed by atoms with Gasteiger partial charge in [-0.15, -0.1) is 0 Å². The molecule has 2 heterocycles. The van der Waals surface area contributed by atoms with Crippen molar-refractivity contribution in [1.29, 1.82) is 0 Å². The molecule has 0 bridgehead atoms. The van der Waals surface area contributed by atoms with E-state index >= 15 is 0 Å². The summed E-state index contributed by atoms with van der Waals surface area (Å²) in [6.07, 6.45) is 3.43. The Kier molecular flexibility index (Phi) is 5.12. The highest BCUT2D eigenvalue weighted by atomic mass is 32.2. The van der Waals surface area contributed by atoms with Crippen LogP contribution in [0.2, 0.25) is 0 Å². The fraction of sp³-hybridized carbons (Fsp3) is 0.318. The standard InChI is InChI=1S/C22H20F2N4OS/c1-21(19-10-22(19,12-29-3)30-20(25)28-21)15-8-13(4-6-16(15)23)9-17(24)18-7-5-14(26-2)11-27-18/h4-9,11,19H,10,12H2,1,3H3,(H2,25,28)/b17-9-/t19-,21+,22+/m0/s1. The molecule has 3 atom stereocenters. The summed E-state index contributed by atoms with van der Waals surface area (Å²) in [6, 6.07) is 7.39. The molecular weight excluding hydrogens is 406 g/mol.